The van der Waals surface area contributed by atoms with Crippen LogP contribution in [0.25, 0.3) is 0 Å². The molecule has 30 heavy (non-hydrogen) atoms. The minimum Gasteiger partial charge on any atom is -0.376 e. The van der Waals surface area contributed by atoms with Crippen LogP contribution in [0, 0.1) is 11.3 Å². The molecule has 0 radical (unpaired) electrons. The molecule has 1 spiro atoms. The molecule has 2 heterocycles. The van der Waals surface area contributed by atoms with Crippen LogP contribution in [0.15, 0.2) is 24.3 Å². The molecule has 3 rings (SSSR count). The van der Waals surface area contributed by atoms with Gasteiger partial charge in [0, 0.05) is 31.9 Å². The van der Waals surface area contributed by atoms with Crippen molar-refractivity contribution in [3.05, 3.63) is 29.8 Å². The van der Waals surface area contributed by atoms with Gasteiger partial charge in [-0.15, -0.1) is 0 Å². The van der Waals surface area contributed by atoms with E-state index in [0.717, 1.165) is 45.0 Å². The molecule has 1 aromatic carbocycles. The number of nitrogens with zero attached hydrogens (tertiary/aromatic N) is 2. The third-order valence-corrected chi connectivity index (χ3v) is 8.75. The van der Waals surface area contributed by atoms with Crippen molar-refractivity contribution in [2.45, 2.75) is 51.8 Å². The van der Waals surface area contributed by atoms with Crippen LogP contribution >= 0.6 is 0 Å². The third kappa shape index (κ3) is 4.62. The van der Waals surface area contributed by atoms with Crippen molar-refractivity contribution >= 4 is 15.7 Å². The number of benzene rings is 1. The Morgan fingerprint density at radius 2 is 1.60 bits per heavy atom. The summed E-state index contributed by atoms with van der Waals surface area (Å²) in [6.45, 7) is 7.16. The summed E-state index contributed by atoms with van der Waals surface area (Å²) in [5, 5.41) is 9.83. The van der Waals surface area contributed by atoms with Crippen LogP contribution in [0.2, 0.25) is 0 Å². The Kier molecular flexibility index (Phi) is 6.21. The summed E-state index contributed by atoms with van der Waals surface area (Å²) in [6.07, 6.45) is -2.22. The summed E-state index contributed by atoms with van der Waals surface area (Å²) in [7, 11) is -3.22. The minimum atomic E-state index is -4.74. The predicted molar refractivity (Wildman–Crippen MR) is 111 cm³/mol. The van der Waals surface area contributed by atoms with Crippen LogP contribution in [-0.2, 0) is 15.6 Å². The highest BCUT2D eigenvalue weighted by atomic mass is 32.2. The molecule has 5 nitrogen and oxygen atoms in total. The second-order valence-corrected chi connectivity index (χ2v) is 11.4. The minimum absolute atomic E-state index is 0.0417. The van der Waals surface area contributed by atoms with E-state index < -0.39 is 21.8 Å². The summed E-state index contributed by atoms with van der Waals surface area (Å²) in [4.78, 5) is 2.14. The molecule has 0 aromatic heterocycles. The zero-order chi connectivity index (χ0) is 22.4. The summed E-state index contributed by atoms with van der Waals surface area (Å²) < 4.78 is 65.7. The van der Waals surface area contributed by atoms with Crippen molar-refractivity contribution in [3.8, 4) is 0 Å². The molecule has 0 aliphatic carbocycles. The molecule has 2 fully saturated rings. The zero-order valence-electron chi connectivity index (χ0n) is 17.7. The molecular weight excluding hydrogens is 417 g/mol. The van der Waals surface area contributed by atoms with Crippen molar-refractivity contribution in [3.63, 3.8) is 0 Å². The maximum atomic E-state index is 13.0. The lowest BCUT2D eigenvalue weighted by molar-refractivity contribution is -0.258. The molecule has 0 saturated carbocycles. The number of piperidine rings is 1. The summed E-state index contributed by atoms with van der Waals surface area (Å²) in [5.41, 5.74) is -2.20. The van der Waals surface area contributed by atoms with Gasteiger partial charge in [0.1, 0.15) is 0 Å². The number of anilines is 1. The van der Waals surface area contributed by atoms with Gasteiger partial charge < -0.3 is 10.0 Å². The number of sulfonamides is 1. The maximum Gasteiger partial charge on any atom is 0.421 e. The van der Waals surface area contributed by atoms with Crippen molar-refractivity contribution < 1.29 is 26.7 Å². The van der Waals surface area contributed by atoms with Crippen LogP contribution in [0.4, 0.5) is 18.9 Å². The first-order chi connectivity index (χ1) is 13.8. The molecule has 1 atom stereocenters. The van der Waals surface area contributed by atoms with Gasteiger partial charge >= 0.3 is 6.18 Å². The largest absolute Gasteiger partial charge is 0.421 e. The average molecular weight is 449 g/mol. The lowest BCUT2D eigenvalue weighted by Gasteiger charge is -2.39. The van der Waals surface area contributed by atoms with Crippen molar-refractivity contribution in [1.29, 1.82) is 0 Å². The van der Waals surface area contributed by atoms with Crippen molar-refractivity contribution in [1.82, 2.24) is 4.31 Å². The molecule has 2 aliphatic heterocycles. The molecule has 0 bridgehead atoms. The number of rotatable bonds is 5. The standard InChI is InChI=1S/C21H31F3N2O3S/c1-16(2)14-30(28,29)26-12-9-20(10-13-26)8-11-25(15-20)18-6-4-17(5-7-18)19(3,27)21(22,23)24/h4-7,16,27H,8-15H2,1-3H3. The van der Waals surface area contributed by atoms with Crippen molar-refractivity contribution in [2.75, 3.05) is 36.8 Å². The Labute approximate surface area is 176 Å². The first-order valence-corrected chi connectivity index (χ1v) is 12.0. The Morgan fingerprint density at radius 1 is 1.07 bits per heavy atom. The lowest BCUT2D eigenvalue weighted by Crippen LogP contribution is -2.45. The second-order valence-electron chi connectivity index (χ2n) is 9.36. The number of halogens is 3. The van der Waals surface area contributed by atoms with E-state index in [-0.39, 0.29) is 22.6 Å². The first kappa shape index (κ1) is 23.3. The van der Waals surface area contributed by atoms with Crippen LogP contribution in [0.3, 0.4) is 0 Å². The monoisotopic (exact) mass is 448 g/mol. The fourth-order valence-electron chi connectivity index (χ4n) is 4.49. The van der Waals surface area contributed by atoms with E-state index in [4.69, 9.17) is 0 Å². The third-order valence-electron chi connectivity index (χ3n) is 6.51. The molecule has 170 valence electrons. The molecule has 2 aliphatic rings. The van der Waals surface area contributed by atoms with E-state index in [1.807, 2.05) is 13.8 Å². The molecule has 1 N–H and O–H groups in total. The van der Waals surface area contributed by atoms with Gasteiger partial charge in [-0.2, -0.15) is 13.2 Å². The number of alkyl halides is 3. The van der Waals surface area contributed by atoms with Gasteiger partial charge in [-0.1, -0.05) is 26.0 Å². The van der Waals surface area contributed by atoms with E-state index in [0.29, 0.717) is 13.1 Å². The fourth-order valence-corrected chi connectivity index (χ4v) is 6.28. The van der Waals surface area contributed by atoms with E-state index in [1.165, 1.54) is 12.1 Å². The van der Waals surface area contributed by atoms with Gasteiger partial charge in [0.25, 0.3) is 0 Å². The molecule has 1 aromatic rings. The van der Waals surface area contributed by atoms with Gasteiger partial charge in [-0.25, -0.2) is 12.7 Å². The number of hydrogen-bond donors (Lipinski definition) is 1. The summed E-state index contributed by atoms with van der Waals surface area (Å²) in [6, 6.07) is 5.90. The van der Waals surface area contributed by atoms with Crippen LogP contribution in [0.5, 0.6) is 0 Å². The van der Waals surface area contributed by atoms with Crippen LogP contribution in [0.1, 0.15) is 45.6 Å². The Hall–Kier alpha value is -1.32. The lowest BCUT2D eigenvalue weighted by atomic mass is 9.78. The van der Waals surface area contributed by atoms with E-state index in [2.05, 4.69) is 4.90 Å². The highest BCUT2D eigenvalue weighted by Crippen LogP contribution is 2.43. The molecule has 9 heteroatoms. The fraction of sp³-hybridized carbons (Fsp3) is 0.714. The highest BCUT2D eigenvalue weighted by Gasteiger charge is 2.51. The van der Waals surface area contributed by atoms with Crippen molar-refractivity contribution in [2.24, 2.45) is 11.3 Å². The zero-order valence-corrected chi connectivity index (χ0v) is 18.6. The normalized spacial score (nSPS) is 22.6. The van der Waals surface area contributed by atoms with Gasteiger partial charge in [0.15, 0.2) is 5.60 Å². The summed E-state index contributed by atoms with van der Waals surface area (Å²) >= 11 is 0. The van der Waals surface area contributed by atoms with E-state index in [9.17, 15) is 26.7 Å². The quantitative estimate of drug-likeness (QED) is 0.746. The second kappa shape index (κ2) is 7.98. The topological polar surface area (TPSA) is 60.9 Å². The van der Waals surface area contributed by atoms with Gasteiger partial charge in [0.05, 0.1) is 5.75 Å². The Bertz CT molecular complexity index is 843. The van der Waals surface area contributed by atoms with Crippen LogP contribution < -0.4 is 4.90 Å². The average Bonchev–Trinajstić information content (AvgIpc) is 3.04. The number of hydrogen-bond acceptors (Lipinski definition) is 4. The Morgan fingerprint density at radius 3 is 2.10 bits per heavy atom. The van der Waals surface area contributed by atoms with Gasteiger partial charge in [0.2, 0.25) is 10.0 Å². The number of aliphatic hydroxyl groups is 1. The van der Waals surface area contributed by atoms with Gasteiger partial charge in [-0.3, -0.25) is 0 Å². The van der Waals surface area contributed by atoms with E-state index >= 15 is 0 Å². The smallest absolute Gasteiger partial charge is 0.376 e. The summed E-state index contributed by atoms with van der Waals surface area (Å²) in [5.74, 6) is 0.258. The van der Waals surface area contributed by atoms with E-state index in [1.54, 1.807) is 16.4 Å². The SMILES string of the molecule is CC(C)CS(=O)(=O)N1CCC2(CCN(c3ccc(C(C)(O)C(F)(F)F)cc3)C2)CC1. The maximum absolute atomic E-state index is 13.0. The molecular formula is C21H31F3N2O3S. The first-order valence-electron chi connectivity index (χ1n) is 10.4. The molecule has 2 saturated heterocycles. The Balaban J connectivity index is 1.64. The molecule has 0 amide bonds. The predicted octanol–water partition coefficient (Wildman–Crippen LogP) is 3.73. The van der Waals surface area contributed by atoms with Crippen LogP contribution in [-0.4, -0.2) is 55.9 Å². The highest BCUT2D eigenvalue weighted by molar-refractivity contribution is 7.89. The molecule has 1 unspecified atom stereocenters. The van der Waals surface area contributed by atoms with Gasteiger partial charge in [-0.05, 0) is 55.2 Å².